The van der Waals surface area contributed by atoms with Crippen molar-refractivity contribution in [2.45, 2.75) is 17.4 Å². The van der Waals surface area contributed by atoms with Crippen molar-refractivity contribution < 1.29 is 14.7 Å². The van der Waals surface area contributed by atoms with Crippen molar-refractivity contribution in [3.05, 3.63) is 60.2 Å². The molecule has 1 atom stereocenters. The summed E-state index contributed by atoms with van der Waals surface area (Å²) in [5.41, 5.74) is -0.0362. The van der Waals surface area contributed by atoms with E-state index in [2.05, 4.69) is 10.6 Å². The lowest BCUT2D eigenvalue weighted by Crippen LogP contribution is -2.43. The number of hydrogen-bond donors (Lipinski definition) is 3. The van der Waals surface area contributed by atoms with Gasteiger partial charge in [0.25, 0.3) is 0 Å². The first-order valence-corrected chi connectivity index (χ1v) is 8.66. The molecule has 0 fully saturated rings. The molecule has 0 aliphatic heterocycles. The zero-order valence-corrected chi connectivity index (χ0v) is 14.4. The van der Waals surface area contributed by atoms with Crippen molar-refractivity contribution in [1.29, 1.82) is 0 Å². The molecule has 0 bridgehead atoms. The number of rotatable bonds is 5. The van der Waals surface area contributed by atoms with Crippen LogP contribution >= 0.6 is 11.8 Å². The molecule has 0 aromatic heterocycles. The molecular formula is C18H20N2O3S. The summed E-state index contributed by atoms with van der Waals surface area (Å²) in [7, 11) is 0. The maximum absolute atomic E-state index is 12.0. The van der Waals surface area contributed by atoms with Crippen LogP contribution in [0.1, 0.15) is 12.5 Å². The minimum absolute atomic E-state index is 0.0614. The van der Waals surface area contributed by atoms with Gasteiger partial charge in [0, 0.05) is 10.6 Å². The molecule has 0 spiro atoms. The second kappa shape index (κ2) is 7.99. The van der Waals surface area contributed by atoms with E-state index in [1.54, 1.807) is 61.2 Å². The van der Waals surface area contributed by atoms with Crippen LogP contribution in [0.2, 0.25) is 0 Å². The number of anilines is 1. The summed E-state index contributed by atoms with van der Waals surface area (Å²) in [4.78, 5) is 24.9. The highest BCUT2D eigenvalue weighted by Crippen LogP contribution is 2.20. The molecule has 0 saturated carbocycles. The zero-order valence-electron chi connectivity index (χ0n) is 13.6. The molecule has 0 saturated heterocycles. The predicted octanol–water partition coefficient (Wildman–Crippen LogP) is 2.37. The van der Waals surface area contributed by atoms with E-state index in [0.29, 0.717) is 11.3 Å². The van der Waals surface area contributed by atoms with E-state index in [4.69, 9.17) is 0 Å². The first-order valence-electron chi connectivity index (χ1n) is 7.43. The molecule has 3 N–H and O–H groups in total. The van der Waals surface area contributed by atoms with Crippen LogP contribution in [-0.2, 0) is 15.2 Å². The molecule has 126 valence electrons. The van der Waals surface area contributed by atoms with E-state index in [1.807, 2.05) is 18.4 Å². The van der Waals surface area contributed by atoms with Crippen molar-refractivity contribution in [3.63, 3.8) is 0 Å². The Kier molecular flexibility index (Phi) is 6.00. The first kappa shape index (κ1) is 18.0. The fourth-order valence-corrected chi connectivity index (χ4v) is 2.58. The molecule has 6 heteroatoms. The Morgan fingerprint density at radius 2 is 1.79 bits per heavy atom. The Balaban J connectivity index is 1.93. The van der Waals surface area contributed by atoms with Crippen LogP contribution in [-0.4, -0.2) is 29.7 Å². The second-order valence-electron chi connectivity index (χ2n) is 5.51. The maximum Gasteiger partial charge on any atom is 0.313 e. The molecule has 0 aliphatic rings. The highest BCUT2D eigenvalue weighted by atomic mass is 32.2. The molecule has 2 amide bonds. The van der Waals surface area contributed by atoms with Gasteiger partial charge in [0.2, 0.25) is 0 Å². The zero-order chi connectivity index (χ0) is 17.6. The normalized spacial score (nSPS) is 13.0. The number of amides is 2. The minimum Gasteiger partial charge on any atom is -0.384 e. The lowest BCUT2D eigenvalue weighted by atomic mass is 9.96. The van der Waals surface area contributed by atoms with Gasteiger partial charge >= 0.3 is 11.8 Å². The number of carbonyl (C=O) groups excluding carboxylic acids is 2. The molecule has 0 radical (unpaired) electrons. The average molecular weight is 344 g/mol. The van der Waals surface area contributed by atoms with Gasteiger partial charge in [-0.15, -0.1) is 11.8 Å². The van der Waals surface area contributed by atoms with Crippen LogP contribution in [0.15, 0.2) is 59.5 Å². The van der Waals surface area contributed by atoms with E-state index in [-0.39, 0.29) is 6.54 Å². The first-order chi connectivity index (χ1) is 11.4. The average Bonchev–Trinajstić information content (AvgIpc) is 2.60. The number of hydrogen-bond acceptors (Lipinski definition) is 4. The van der Waals surface area contributed by atoms with Gasteiger partial charge in [-0.2, -0.15) is 0 Å². The highest BCUT2D eigenvalue weighted by molar-refractivity contribution is 7.98. The molecule has 24 heavy (non-hydrogen) atoms. The van der Waals surface area contributed by atoms with Gasteiger partial charge in [-0.1, -0.05) is 36.4 Å². The van der Waals surface area contributed by atoms with Gasteiger partial charge in [0.1, 0.15) is 5.60 Å². The van der Waals surface area contributed by atoms with Gasteiger partial charge in [0.05, 0.1) is 6.54 Å². The fourth-order valence-electron chi connectivity index (χ4n) is 2.12. The SMILES string of the molecule is CSc1cccc(NC(=O)C(=O)NCC(C)(O)c2ccccc2)c1. The predicted molar refractivity (Wildman–Crippen MR) is 95.9 cm³/mol. The standard InChI is InChI=1S/C18H20N2O3S/c1-18(23,13-7-4-3-5-8-13)12-19-16(21)17(22)20-14-9-6-10-15(11-14)24-2/h3-11,23H,12H2,1-2H3,(H,19,21)(H,20,22). The Hall–Kier alpha value is -2.31. The summed E-state index contributed by atoms with van der Waals surface area (Å²) >= 11 is 1.54. The third kappa shape index (κ3) is 4.84. The molecule has 2 aromatic rings. The minimum atomic E-state index is -1.25. The fraction of sp³-hybridized carbons (Fsp3) is 0.222. The summed E-state index contributed by atoms with van der Waals surface area (Å²) in [5, 5.41) is 15.4. The lowest BCUT2D eigenvalue weighted by Gasteiger charge is -2.24. The Labute approximate surface area is 145 Å². The number of benzene rings is 2. The number of aliphatic hydroxyl groups is 1. The van der Waals surface area contributed by atoms with Crippen molar-refractivity contribution >= 4 is 29.3 Å². The van der Waals surface area contributed by atoms with Crippen LogP contribution in [0.5, 0.6) is 0 Å². The number of thioether (sulfide) groups is 1. The molecular weight excluding hydrogens is 324 g/mol. The number of carbonyl (C=O) groups is 2. The van der Waals surface area contributed by atoms with Gasteiger partial charge in [-0.05, 0) is 36.9 Å². The topological polar surface area (TPSA) is 78.4 Å². The van der Waals surface area contributed by atoms with Gasteiger partial charge in [-0.25, -0.2) is 0 Å². The van der Waals surface area contributed by atoms with E-state index < -0.39 is 17.4 Å². The van der Waals surface area contributed by atoms with E-state index >= 15 is 0 Å². The Morgan fingerprint density at radius 3 is 2.46 bits per heavy atom. The third-order valence-corrected chi connectivity index (χ3v) is 4.25. The van der Waals surface area contributed by atoms with Crippen molar-refractivity contribution in [3.8, 4) is 0 Å². The highest BCUT2D eigenvalue weighted by Gasteiger charge is 2.25. The largest absolute Gasteiger partial charge is 0.384 e. The molecule has 1 unspecified atom stereocenters. The van der Waals surface area contributed by atoms with Crippen LogP contribution < -0.4 is 10.6 Å². The quantitative estimate of drug-likeness (QED) is 0.575. The van der Waals surface area contributed by atoms with Crippen LogP contribution in [0.25, 0.3) is 0 Å². The third-order valence-electron chi connectivity index (χ3n) is 3.52. The van der Waals surface area contributed by atoms with Crippen LogP contribution in [0, 0.1) is 0 Å². The van der Waals surface area contributed by atoms with Gasteiger partial charge < -0.3 is 15.7 Å². The van der Waals surface area contributed by atoms with Crippen molar-refractivity contribution in [2.24, 2.45) is 0 Å². The maximum atomic E-state index is 12.0. The molecule has 2 rings (SSSR count). The molecule has 0 heterocycles. The summed E-state index contributed by atoms with van der Waals surface area (Å²) < 4.78 is 0. The Bertz CT molecular complexity index is 717. The molecule has 0 aliphatic carbocycles. The summed E-state index contributed by atoms with van der Waals surface area (Å²) in [5.74, 6) is -1.56. The second-order valence-corrected chi connectivity index (χ2v) is 6.39. The van der Waals surface area contributed by atoms with Crippen molar-refractivity contribution in [1.82, 2.24) is 5.32 Å². The van der Waals surface area contributed by atoms with Gasteiger partial charge in [-0.3, -0.25) is 9.59 Å². The van der Waals surface area contributed by atoms with E-state index in [0.717, 1.165) is 4.90 Å². The summed E-state index contributed by atoms with van der Waals surface area (Å²) in [6.45, 7) is 1.52. The van der Waals surface area contributed by atoms with Crippen LogP contribution in [0.3, 0.4) is 0 Å². The Morgan fingerprint density at radius 1 is 1.08 bits per heavy atom. The van der Waals surface area contributed by atoms with Crippen molar-refractivity contribution in [2.75, 3.05) is 18.1 Å². The molecule has 5 nitrogen and oxygen atoms in total. The smallest absolute Gasteiger partial charge is 0.313 e. The molecule has 2 aromatic carbocycles. The van der Waals surface area contributed by atoms with Gasteiger partial charge in [0.15, 0.2) is 0 Å². The summed E-state index contributed by atoms with van der Waals surface area (Å²) in [6, 6.07) is 16.2. The monoisotopic (exact) mass is 344 g/mol. The summed E-state index contributed by atoms with van der Waals surface area (Å²) in [6.07, 6.45) is 1.93. The van der Waals surface area contributed by atoms with E-state index in [1.165, 1.54) is 0 Å². The van der Waals surface area contributed by atoms with E-state index in [9.17, 15) is 14.7 Å². The number of nitrogens with one attached hydrogen (secondary N) is 2. The van der Waals surface area contributed by atoms with Crippen LogP contribution in [0.4, 0.5) is 5.69 Å². The lowest BCUT2D eigenvalue weighted by molar-refractivity contribution is -0.136.